The third-order valence-electron chi connectivity index (χ3n) is 2.90. The van der Waals surface area contributed by atoms with Crippen molar-refractivity contribution >= 4 is 15.9 Å². The highest BCUT2D eigenvalue weighted by atomic mass is 79.9. The zero-order valence-corrected chi connectivity index (χ0v) is 11.6. The second kappa shape index (κ2) is 4.06. The first kappa shape index (κ1) is 11.4. The average molecular weight is 279 g/mol. The Morgan fingerprint density at radius 2 is 1.88 bits per heavy atom. The molecule has 0 aliphatic rings. The minimum atomic E-state index is 1.02. The quantitative estimate of drug-likeness (QED) is 0.777. The van der Waals surface area contributed by atoms with Gasteiger partial charge in [-0.3, -0.25) is 0 Å². The van der Waals surface area contributed by atoms with Crippen molar-refractivity contribution in [3.05, 3.63) is 39.8 Å². The van der Waals surface area contributed by atoms with Crippen molar-refractivity contribution in [1.82, 2.24) is 9.55 Å². The van der Waals surface area contributed by atoms with E-state index in [4.69, 9.17) is 0 Å². The highest BCUT2D eigenvalue weighted by molar-refractivity contribution is 9.10. The Balaban J connectivity index is 2.67. The van der Waals surface area contributed by atoms with Crippen molar-refractivity contribution in [3.63, 3.8) is 0 Å². The summed E-state index contributed by atoms with van der Waals surface area (Å²) >= 11 is 3.60. The molecule has 0 aliphatic carbocycles. The summed E-state index contributed by atoms with van der Waals surface area (Å²) in [4.78, 5) is 4.60. The molecule has 3 heteroatoms. The van der Waals surface area contributed by atoms with E-state index in [0.717, 1.165) is 16.1 Å². The van der Waals surface area contributed by atoms with Gasteiger partial charge in [0.25, 0.3) is 0 Å². The maximum absolute atomic E-state index is 4.60. The van der Waals surface area contributed by atoms with Crippen LogP contribution in [0.4, 0.5) is 0 Å². The fourth-order valence-corrected chi connectivity index (χ4v) is 2.31. The number of halogens is 1. The van der Waals surface area contributed by atoms with Crippen molar-refractivity contribution in [1.29, 1.82) is 0 Å². The van der Waals surface area contributed by atoms with E-state index in [1.54, 1.807) is 0 Å². The van der Waals surface area contributed by atoms with Gasteiger partial charge in [-0.1, -0.05) is 17.7 Å². The van der Waals surface area contributed by atoms with Gasteiger partial charge in [0.05, 0.1) is 0 Å². The van der Waals surface area contributed by atoms with Crippen LogP contribution in [0.25, 0.3) is 11.3 Å². The molecule has 84 valence electrons. The van der Waals surface area contributed by atoms with Gasteiger partial charge < -0.3 is 4.57 Å². The molecule has 0 saturated heterocycles. The second-order valence-electron chi connectivity index (χ2n) is 4.18. The van der Waals surface area contributed by atoms with Crippen LogP contribution in [0.3, 0.4) is 0 Å². The van der Waals surface area contributed by atoms with E-state index >= 15 is 0 Å². The molecule has 0 radical (unpaired) electrons. The molecule has 1 aromatic carbocycles. The minimum absolute atomic E-state index is 1.02. The Kier molecular flexibility index (Phi) is 2.89. The van der Waals surface area contributed by atoms with Crippen LogP contribution in [-0.2, 0) is 7.05 Å². The third kappa shape index (κ3) is 1.80. The first-order valence-corrected chi connectivity index (χ1v) is 6.06. The maximum atomic E-state index is 4.60. The number of nitrogens with zero attached hydrogens (tertiary/aromatic N) is 2. The molecule has 0 bridgehead atoms. The highest BCUT2D eigenvalue weighted by Gasteiger charge is 2.13. The Hall–Kier alpha value is -1.09. The molecule has 2 nitrogen and oxygen atoms in total. The van der Waals surface area contributed by atoms with E-state index in [1.807, 2.05) is 14.0 Å². The number of hydrogen-bond acceptors (Lipinski definition) is 1. The normalized spacial score (nSPS) is 10.8. The molecule has 0 unspecified atom stereocenters. The molecular weight excluding hydrogens is 264 g/mol. The van der Waals surface area contributed by atoms with Crippen LogP contribution in [0, 0.1) is 20.8 Å². The van der Waals surface area contributed by atoms with Gasteiger partial charge in [0, 0.05) is 12.6 Å². The lowest BCUT2D eigenvalue weighted by molar-refractivity contribution is 0.840. The Bertz CT molecular complexity index is 541. The van der Waals surface area contributed by atoms with Gasteiger partial charge in [-0.25, -0.2) is 4.98 Å². The molecule has 0 N–H and O–H groups in total. The minimum Gasteiger partial charge on any atom is -0.326 e. The van der Waals surface area contributed by atoms with Crippen molar-refractivity contribution in [2.45, 2.75) is 20.8 Å². The summed E-state index contributed by atoms with van der Waals surface area (Å²) in [7, 11) is 2.01. The van der Waals surface area contributed by atoms with E-state index in [1.165, 1.54) is 16.7 Å². The van der Waals surface area contributed by atoms with Gasteiger partial charge in [-0.15, -0.1) is 0 Å². The topological polar surface area (TPSA) is 17.8 Å². The van der Waals surface area contributed by atoms with Crippen LogP contribution in [0.1, 0.15) is 17.0 Å². The van der Waals surface area contributed by atoms with E-state index in [2.05, 4.69) is 57.5 Å². The van der Waals surface area contributed by atoms with Crippen LogP contribution < -0.4 is 0 Å². The average Bonchev–Trinajstić information content (AvgIpc) is 2.50. The molecule has 2 aromatic rings. The molecule has 0 spiro atoms. The fraction of sp³-hybridized carbons (Fsp3) is 0.308. The second-order valence-corrected chi connectivity index (χ2v) is 4.93. The number of aromatic nitrogens is 2. The van der Waals surface area contributed by atoms with Gasteiger partial charge in [0.1, 0.15) is 16.1 Å². The van der Waals surface area contributed by atoms with E-state index in [9.17, 15) is 0 Å². The first-order chi connectivity index (χ1) is 7.50. The molecule has 0 atom stereocenters. The lowest BCUT2D eigenvalue weighted by atomic mass is 10.0. The van der Waals surface area contributed by atoms with Crippen LogP contribution >= 0.6 is 15.9 Å². The SMILES string of the molecule is Cc1ccc(C)c(-c2nc(C)n(C)c2Br)c1. The Labute approximate surface area is 104 Å². The predicted octanol–water partition coefficient (Wildman–Crippen LogP) is 3.77. The molecule has 2 rings (SSSR count). The molecule has 0 aliphatic heterocycles. The predicted molar refractivity (Wildman–Crippen MR) is 70.6 cm³/mol. The monoisotopic (exact) mass is 278 g/mol. The summed E-state index contributed by atoms with van der Waals surface area (Å²) in [5.74, 6) is 1.02. The third-order valence-corrected chi connectivity index (χ3v) is 3.80. The lowest BCUT2D eigenvalue weighted by Gasteiger charge is -2.05. The number of hydrogen-bond donors (Lipinski definition) is 0. The molecule has 0 amide bonds. The van der Waals surface area contributed by atoms with Crippen molar-refractivity contribution in [2.75, 3.05) is 0 Å². The van der Waals surface area contributed by atoms with Crippen molar-refractivity contribution in [2.24, 2.45) is 7.05 Å². The molecule has 16 heavy (non-hydrogen) atoms. The maximum Gasteiger partial charge on any atom is 0.112 e. The summed E-state index contributed by atoms with van der Waals surface area (Å²) in [5.41, 5.74) is 4.75. The summed E-state index contributed by atoms with van der Waals surface area (Å²) in [6.45, 7) is 6.23. The number of imidazole rings is 1. The molecule has 1 aromatic heterocycles. The van der Waals surface area contributed by atoms with Crippen molar-refractivity contribution in [3.8, 4) is 11.3 Å². The summed E-state index contributed by atoms with van der Waals surface area (Å²) in [6, 6.07) is 6.45. The Morgan fingerprint density at radius 3 is 2.44 bits per heavy atom. The van der Waals surface area contributed by atoms with Gasteiger partial charge in [-0.2, -0.15) is 0 Å². The van der Waals surface area contributed by atoms with Crippen LogP contribution in [-0.4, -0.2) is 9.55 Å². The summed E-state index contributed by atoms with van der Waals surface area (Å²) < 4.78 is 3.09. The van der Waals surface area contributed by atoms with E-state index in [-0.39, 0.29) is 0 Å². The Morgan fingerprint density at radius 1 is 1.19 bits per heavy atom. The molecule has 0 saturated carbocycles. The van der Waals surface area contributed by atoms with Gasteiger partial charge in [0.2, 0.25) is 0 Å². The first-order valence-electron chi connectivity index (χ1n) is 5.27. The molecule has 0 fully saturated rings. The summed E-state index contributed by atoms with van der Waals surface area (Å²) in [5, 5.41) is 0. The van der Waals surface area contributed by atoms with Crippen LogP contribution in [0.2, 0.25) is 0 Å². The standard InChI is InChI=1S/C13H15BrN2/c1-8-5-6-9(2)11(7-8)12-13(14)16(4)10(3)15-12/h5-7H,1-4H3. The smallest absolute Gasteiger partial charge is 0.112 e. The fourth-order valence-electron chi connectivity index (χ4n) is 1.75. The van der Waals surface area contributed by atoms with E-state index in [0.29, 0.717) is 0 Å². The van der Waals surface area contributed by atoms with Gasteiger partial charge in [-0.05, 0) is 48.3 Å². The molecule has 1 heterocycles. The van der Waals surface area contributed by atoms with E-state index < -0.39 is 0 Å². The van der Waals surface area contributed by atoms with Crippen molar-refractivity contribution < 1.29 is 0 Å². The highest BCUT2D eigenvalue weighted by Crippen LogP contribution is 2.30. The number of rotatable bonds is 1. The zero-order valence-electron chi connectivity index (χ0n) is 10.0. The summed E-state index contributed by atoms with van der Waals surface area (Å²) in [6.07, 6.45) is 0. The number of aryl methyl sites for hydroxylation is 3. The number of benzene rings is 1. The van der Waals surface area contributed by atoms with Gasteiger partial charge in [0.15, 0.2) is 0 Å². The largest absolute Gasteiger partial charge is 0.326 e. The zero-order chi connectivity index (χ0) is 11.9. The molecular formula is C13H15BrN2. The lowest BCUT2D eigenvalue weighted by Crippen LogP contribution is -1.90. The van der Waals surface area contributed by atoms with Gasteiger partial charge >= 0.3 is 0 Å². The van der Waals surface area contributed by atoms with Crippen LogP contribution in [0.5, 0.6) is 0 Å². The van der Waals surface area contributed by atoms with Crippen LogP contribution in [0.15, 0.2) is 22.8 Å².